The highest BCUT2D eigenvalue weighted by atomic mass is 16.5. The number of carbonyl (C=O) groups excluding carboxylic acids is 1. The number of hydrogen-bond acceptors (Lipinski definition) is 4. The molecule has 0 bridgehead atoms. The van der Waals surface area contributed by atoms with Gasteiger partial charge in [-0.15, -0.1) is 0 Å². The lowest BCUT2D eigenvalue weighted by Crippen LogP contribution is -2.45. The first-order valence-corrected chi connectivity index (χ1v) is 9.83. The Balaban J connectivity index is 1.51. The number of likely N-dealkylation sites (N-methyl/N-ethyl adjacent to an activating group) is 1. The average Bonchev–Trinajstić information content (AvgIpc) is 2.74. The van der Waals surface area contributed by atoms with Crippen molar-refractivity contribution < 1.29 is 9.53 Å². The smallest absolute Gasteiger partial charge is 0.248 e. The van der Waals surface area contributed by atoms with Crippen molar-refractivity contribution in [1.82, 2.24) is 9.80 Å². The first-order valence-electron chi connectivity index (χ1n) is 9.83. The summed E-state index contributed by atoms with van der Waals surface area (Å²) in [5, 5.41) is 2.91. The molecule has 28 heavy (non-hydrogen) atoms. The summed E-state index contributed by atoms with van der Waals surface area (Å²) in [6, 6.07) is 15.7. The lowest BCUT2D eigenvalue weighted by molar-refractivity contribution is -0.111. The van der Waals surface area contributed by atoms with Crippen LogP contribution in [0.4, 0.5) is 5.69 Å². The molecule has 0 unspecified atom stereocenters. The van der Waals surface area contributed by atoms with Crippen LogP contribution in [0.3, 0.4) is 0 Å². The fraction of sp³-hybridized carbons (Fsp3) is 0.348. The van der Waals surface area contributed by atoms with E-state index >= 15 is 0 Å². The Labute approximate surface area is 167 Å². The van der Waals surface area contributed by atoms with E-state index < -0.39 is 0 Å². The number of nitrogens with zero attached hydrogens (tertiary/aromatic N) is 2. The molecule has 2 aromatic carbocycles. The Kier molecular flexibility index (Phi) is 7.23. The Morgan fingerprint density at radius 3 is 2.39 bits per heavy atom. The van der Waals surface area contributed by atoms with Crippen molar-refractivity contribution in [3.8, 4) is 5.75 Å². The Hall–Kier alpha value is -2.63. The van der Waals surface area contributed by atoms with E-state index in [4.69, 9.17) is 4.74 Å². The predicted molar refractivity (Wildman–Crippen MR) is 114 cm³/mol. The molecule has 5 nitrogen and oxygen atoms in total. The number of piperazine rings is 1. The lowest BCUT2D eigenvalue weighted by atomic mass is 10.1. The highest BCUT2D eigenvalue weighted by molar-refractivity contribution is 6.02. The van der Waals surface area contributed by atoms with Crippen LogP contribution in [0.2, 0.25) is 0 Å². The van der Waals surface area contributed by atoms with Gasteiger partial charge in [-0.3, -0.25) is 9.69 Å². The van der Waals surface area contributed by atoms with E-state index in [1.54, 1.807) is 13.2 Å². The second-order valence-corrected chi connectivity index (χ2v) is 6.97. The number of ether oxygens (including phenoxy) is 1. The van der Waals surface area contributed by atoms with Crippen molar-refractivity contribution >= 4 is 17.7 Å². The molecule has 0 aliphatic carbocycles. The van der Waals surface area contributed by atoms with Crippen molar-refractivity contribution in [2.45, 2.75) is 13.5 Å². The Morgan fingerprint density at radius 1 is 1.04 bits per heavy atom. The highest BCUT2D eigenvalue weighted by Crippen LogP contribution is 2.19. The highest BCUT2D eigenvalue weighted by Gasteiger charge is 2.15. The third-order valence-corrected chi connectivity index (χ3v) is 5.09. The fourth-order valence-electron chi connectivity index (χ4n) is 3.37. The van der Waals surface area contributed by atoms with Crippen molar-refractivity contribution in [2.75, 3.05) is 45.2 Å². The molecule has 148 valence electrons. The molecule has 0 radical (unpaired) electrons. The van der Waals surface area contributed by atoms with Gasteiger partial charge in [0.05, 0.1) is 7.11 Å². The van der Waals surface area contributed by atoms with Gasteiger partial charge < -0.3 is 15.0 Å². The van der Waals surface area contributed by atoms with Gasteiger partial charge in [-0.2, -0.15) is 0 Å². The van der Waals surface area contributed by atoms with E-state index in [2.05, 4.69) is 34.2 Å². The van der Waals surface area contributed by atoms with Gasteiger partial charge in [-0.05, 0) is 36.4 Å². The minimum Gasteiger partial charge on any atom is -0.496 e. The topological polar surface area (TPSA) is 44.8 Å². The fourth-order valence-corrected chi connectivity index (χ4v) is 3.37. The molecule has 0 saturated carbocycles. The maximum atomic E-state index is 12.2. The SMILES string of the molecule is CCN1CCN(Cc2ccc(NC(=O)/C=C/c3ccccc3OC)cc2)CC1. The zero-order valence-corrected chi connectivity index (χ0v) is 16.7. The van der Waals surface area contributed by atoms with Crippen LogP contribution in [-0.2, 0) is 11.3 Å². The van der Waals surface area contributed by atoms with Crippen molar-refractivity contribution in [3.63, 3.8) is 0 Å². The number of amides is 1. The second kappa shape index (κ2) is 10.1. The van der Waals surface area contributed by atoms with Gasteiger partial charge in [0.15, 0.2) is 0 Å². The van der Waals surface area contributed by atoms with E-state index in [9.17, 15) is 4.79 Å². The van der Waals surface area contributed by atoms with Gasteiger partial charge in [0.25, 0.3) is 0 Å². The molecular formula is C23H29N3O2. The average molecular weight is 380 g/mol. The van der Waals surface area contributed by atoms with Gasteiger partial charge in [-0.25, -0.2) is 0 Å². The molecule has 5 heteroatoms. The molecule has 1 amide bonds. The number of anilines is 1. The molecule has 1 N–H and O–H groups in total. The summed E-state index contributed by atoms with van der Waals surface area (Å²) in [4.78, 5) is 17.2. The number of nitrogens with one attached hydrogen (secondary N) is 1. The largest absolute Gasteiger partial charge is 0.496 e. The number of benzene rings is 2. The molecule has 3 rings (SSSR count). The molecule has 1 aliphatic heterocycles. The normalized spacial score (nSPS) is 15.6. The van der Waals surface area contributed by atoms with Crippen LogP contribution < -0.4 is 10.1 Å². The molecule has 1 aliphatic rings. The number of para-hydroxylation sites is 1. The minimum atomic E-state index is -0.158. The summed E-state index contributed by atoms with van der Waals surface area (Å²) in [5.74, 6) is 0.588. The maximum absolute atomic E-state index is 12.2. The second-order valence-electron chi connectivity index (χ2n) is 6.97. The van der Waals surface area contributed by atoms with Crippen molar-refractivity contribution in [3.05, 3.63) is 65.7 Å². The summed E-state index contributed by atoms with van der Waals surface area (Å²) in [6.07, 6.45) is 3.29. The zero-order valence-electron chi connectivity index (χ0n) is 16.7. The van der Waals surface area contributed by atoms with Crippen LogP contribution in [0.15, 0.2) is 54.6 Å². The first-order chi connectivity index (χ1) is 13.7. The van der Waals surface area contributed by atoms with Gasteiger partial charge in [-0.1, -0.05) is 37.3 Å². The molecule has 0 aromatic heterocycles. The molecule has 1 saturated heterocycles. The van der Waals surface area contributed by atoms with Crippen LogP contribution >= 0.6 is 0 Å². The van der Waals surface area contributed by atoms with Gasteiger partial charge in [0, 0.05) is 50.1 Å². The third kappa shape index (κ3) is 5.68. The molecule has 1 heterocycles. The summed E-state index contributed by atoms with van der Waals surface area (Å²) in [5.41, 5.74) is 2.94. The van der Waals surface area contributed by atoms with Crippen LogP contribution in [0.5, 0.6) is 5.75 Å². The summed E-state index contributed by atoms with van der Waals surface area (Å²) in [7, 11) is 1.62. The number of rotatable bonds is 7. The van der Waals surface area contributed by atoms with Crippen LogP contribution in [0.1, 0.15) is 18.1 Å². The molecule has 2 aromatic rings. The molecule has 0 atom stereocenters. The van der Waals surface area contributed by atoms with Crippen molar-refractivity contribution in [1.29, 1.82) is 0 Å². The third-order valence-electron chi connectivity index (χ3n) is 5.09. The number of carbonyl (C=O) groups is 1. The van der Waals surface area contributed by atoms with Crippen molar-refractivity contribution in [2.24, 2.45) is 0 Å². The number of hydrogen-bond donors (Lipinski definition) is 1. The molecule has 0 spiro atoms. The zero-order chi connectivity index (χ0) is 19.8. The lowest BCUT2D eigenvalue weighted by Gasteiger charge is -2.34. The molecular weight excluding hydrogens is 350 g/mol. The summed E-state index contributed by atoms with van der Waals surface area (Å²) < 4.78 is 5.29. The van der Waals surface area contributed by atoms with Crippen LogP contribution in [0, 0.1) is 0 Å². The standard InChI is InChI=1S/C23H29N3O2/c1-3-25-14-16-26(17-15-25)18-19-8-11-21(12-9-19)24-23(27)13-10-20-6-4-5-7-22(20)28-2/h4-13H,3,14-18H2,1-2H3,(H,24,27)/b13-10+. The Bertz CT molecular complexity index is 794. The van der Waals surface area contributed by atoms with Gasteiger partial charge in [0.2, 0.25) is 5.91 Å². The summed E-state index contributed by atoms with van der Waals surface area (Å²) >= 11 is 0. The van der Waals surface area contributed by atoms with Gasteiger partial charge in [0.1, 0.15) is 5.75 Å². The Morgan fingerprint density at radius 2 is 1.71 bits per heavy atom. The van der Waals surface area contributed by atoms with E-state index in [0.29, 0.717) is 0 Å². The minimum absolute atomic E-state index is 0.158. The van der Waals surface area contributed by atoms with Crippen LogP contribution in [-0.4, -0.2) is 55.5 Å². The quantitative estimate of drug-likeness (QED) is 0.748. The van der Waals surface area contributed by atoms with E-state index in [0.717, 1.165) is 56.3 Å². The monoisotopic (exact) mass is 379 g/mol. The molecule has 1 fully saturated rings. The van der Waals surface area contributed by atoms with Crippen LogP contribution in [0.25, 0.3) is 6.08 Å². The number of methoxy groups -OCH3 is 1. The maximum Gasteiger partial charge on any atom is 0.248 e. The van der Waals surface area contributed by atoms with E-state index in [1.165, 1.54) is 11.6 Å². The first kappa shape index (κ1) is 20.1. The van der Waals surface area contributed by atoms with Gasteiger partial charge >= 0.3 is 0 Å². The predicted octanol–water partition coefficient (Wildman–Crippen LogP) is 3.48. The van der Waals surface area contributed by atoms with E-state index in [1.807, 2.05) is 36.4 Å². The van der Waals surface area contributed by atoms with E-state index in [-0.39, 0.29) is 5.91 Å². The summed E-state index contributed by atoms with van der Waals surface area (Å²) in [6.45, 7) is 8.81.